The predicted molar refractivity (Wildman–Crippen MR) is 129 cm³/mol. The van der Waals surface area contributed by atoms with E-state index >= 15 is 0 Å². The number of carbonyl (C=O) groups excluding carboxylic acids is 2. The standard InChI is InChI=1S/C25H27N3O5S/c1-31-21-7-4-3-6-20(21)25(30)28-11-5-10-27(12-13-28)24(29)18-8-9-22(23(14-18)32-2)33-15-19-16-34-17-26-19/h3-4,6-9,14,16-17H,5,10-13,15H2,1-2H3. The number of amides is 2. The normalized spacial score (nSPS) is 13.8. The molecule has 8 nitrogen and oxygen atoms in total. The Bertz CT molecular complexity index is 1140. The van der Waals surface area contributed by atoms with Crippen molar-refractivity contribution < 1.29 is 23.8 Å². The molecule has 0 aliphatic carbocycles. The summed E-state index contributed by atoms with van der Waals surface area (Å²) in [6.45, 7) is 2.38. The van der Waals surface area contributed by atoms with Crippen molar-refractivity contribution >= 4 is 23.2 Å². The topological polar surface area (TPSA) is 81.2 Å². The number of benzene rings is 2. The zero-order valence-corrected chi connectivity index (χ0v) is 20.0. The van der Waals surface area contributed by atoms with Gasteiger partial charge in [0.25, 0.3) is 11.8 Å². The zero-order valence-electron chi connectivity index (χ0n) is 19.2. The highest BCUT2D eigenvalue weighted by Crippen LogP contribution is 2.29. The number of para-hydroxylation sites is 1. The second kappa shape index (κ2) is 11.0. The molecule has 2 aromatic carbocycles. The van der Waals surface area contributed by atoms with E-state index in [0.29, 0.717) is 67.6 Å². The van der Waals surface area contributed by atoms with Gasteiger partial charge in [-0.2, -0.15) is 0 Å². The minimum Gasteiger partial charge on any atom is -0.496 e. The number of hydrogen-bond acceptors (Lipinski definition) is 7. The maximum Gasteiger partial charge on any atom is 0.257 e. The molecule has 0 spiro atoms. The monoisotopic (exact) mass is 481 g/mol. The van der Waals surface area contributed by atoms with Gasteiger partial charge in [-0.1, -0.05) is 12.1 Å². The smallest absolute Gasteiger partial charge is 0.257 e. The Hall–Kier alpha value is -3.59. The lowest BCUT2D eigenvalue weighted by molar-refractivity contribution is 0.0716. The fourth-order valence-electron chi connectivity index (χ4n) is 3.88. The van der Waals surface area contributed by atoms with E-state index in [4.69, 9.17) is 14.2 Å². The molecule has 0 atom stereocenters. The van der Waals surface area contributed by atoms with Crippen molar-refractivity contribution in [3.8, 4) is 17.2 Å². The summed E-state index contributed by atoms with van der Waals surface area (Å²) in [4.78, 5) is 34.0. The first-order chi connectivity index (χ1) is 16.6. The molecule has 0 radical (unpaired) electrons. The minimum absolute atomic E-state index is 0.0879. The van der Waals surface area contributed by atoms with Crippen LogP contribution in [0.15, 0.2) is 53.4 Å². The Labute approximate surface area is 202 Å². The van der Waals surface area contributed by atoms with Gasteiger partial charge < -0.3 is 24.0 Å². The summed E-state index contributed by atoms with van der Waals surface area (Å²) >= 11 is 1.51. The third-order valence-corrected chi connectivity index (χ3v) is 6.31. The van der Waals surface area contributed by atoms with Crippen LogP contribution in [-0.2, 0) is 6.61 Å². The molecule has 4 rings (SSSR count). The molecule has 2 heterocycles. The molecule has 34 heavy (non-hydrogen) atoms. The van der Waals surface area contributed by atoms with Crippen molar-refractivity contribution in [2.45, 2.75) is 13.0 Å². The first kappa shape index (κ1) is 23.6. The summed E-state index contributed by atoms with van der Waals surface area (Å²) in [5, 5.41) is 1.92. The van der Waals surface area contributed by atoms with Crippen molar-refractivity contribution in [1.29, 1.82) is 0 Å². The van der Waals surface area contributed by atoms with Crippen LogP contribution in [0.3, 0.4) is 0 Å². The van der Waals surface area contributed by atoms with Crippen molar-refractivity contribution in [2.75, 3.05) is 40.4 Å². The third-order valence-electron chi connectivity index (χ3n) is 5.68. The molecule has 1 aliphatic heterocycles. The van der Waals surface area contributed by atoms with Crippen LogP contribution in [0.1, 0.15) is 32.8 Å². The molecule has 9 heteroatoms. The van der Waals surface area contributed by atoms with Crippen LogP contribution < -0.4 is 14.2 Å². The van der Waals surface area contributed by atoms with Gasteiger partial charge in [-0.25, -0.2) is 4.98 Å². The quantitative estimate of drug-likeness (QED) is 0.512. The van der Waals surface area contributed by atoms with E-state index in [9.17, 15) is 9.59 Å². The second-order valence-electron chi connectivity index (χ2n) is 7.77. The molecule has 178 valence electrons. The zero-order chi connectivity index (χ0) is 23.9. The molecule has 3 aromatic rings. The summed E-state index contributed by atoms with van der Waals surface area (Å²) in [5.41, 5.74) is 3.64. The van der Waals surface area contributed by atoms with Crippen LogP contribution in [0.4, 0.5) is 0 Å². The number of rotatable bonds is 7. The Balaban J connectivity index is 1.41. The predicted octanol–water partition coefficient (Wildman–Crippen LogP) is 3.73. The van der Waals surface area contributed by atoms with Crippen LogP contribution in [0.25, 0.3) is 0 Å². The summed E-state index contributed by atoms with van der Waals surface area (Å²) in [6, 6.07) is 12.4. The van der Waals surface area contributed by atoms with Crippen LogP contribution in [0, 0.1) is 0 Å². The second-order valence-corrected chi connectivity index (χ2v) is 8.49. The number of hydrogen-bond donors (Lipinski definition) is 0. The fraction of sp³-hybridized carbons (Fsp3) is 0.320. The van der Waals surface area contributed by atoms with Crippen molar-refractivity contribution in [1.82, 2.24) is 14.8 Å². The highest BCUT2D eigenvalue weighted by atomic mass is 32.1. The van der Waals surface area contributed by atoms with Crippen molar-refractivity contribution in [3.05, 3.63) is 70.2 Å². The Kier molecular flexibility index (Phi) is 7.64. The fourth-order valence-corrected chi connectivity index (χ4v) is 4.42. The molecular formula is C25H27N3O5S. The minimum atomic E-state index is -0.101. The summed E-state index contributed by atoms with van der Waals surface area (Å²) < 4.78 is 16.6. The van der Waals surface area contributed by atoms with E-state index in [1.807, 2.05) is 17.5 Å². The van der Waals surface area contributed by atoms with E-state index in [2.05, 4.69) is 4.98 Å². The number of thiazole rings is 1. The number of aromatic nitrogens is 1. The van der Waals surface area contributed by atoms with E-state index in [0.717, 1.165) is 5.69 Å². The maximum absolute atomic E-state index is 13.2. The number of carbonyl (C=O) groups is 2. The highest BCUT2D eigenvalue weighted by molar-refractivity contribution is 7.07. The summed E-state index contributed by atoms with van der Waals surface area (Å²) in [5.74, 6) is 1.40. The van der Waals surface area contributed by atoms with Gasteiger partial charge in [-0.3, -0.25) is 9.59 Å². The Morgan fingerprint density at radius 3 is 2.35 bits per heavy atom. The van der Waals surface area contributed by atoms with Crippen molar-refractivity contribution in [2.24, 2.45) is 0 Å². The summed E-state index contributed by atoms with van der Waals surface area (Å²) in [7, 11) is 3.10. The van der Waals surface area contributed by atoms with Gasteiger partial charge in [0, 0.05) is 37.1 Å². The van der Waals surface area contributed by atoms with Gasteiger partial charge >= 0.3 is 0 Å². The average molecular weight is 482 g/mol. The largest absolute Gasteiger partial charge is 0.496 e. The van der Waals surface area contributed by atoms with Gasteiger partial charge in [0.1, 0.15) is 12.4 Å². The molecule has 0 saturated carbocycles. The van der Waals surface area contributed by atoms with Gasteiger partial charge in [0.2, 0.25) is 0 Å². The number of nitrogens with zero attached hydrogens (tertiary/aromatic N) is 3. The van der Waals surface area contributed by atoms with Crippen LogP contribution in [0.5, 0.6) is 17.2 Å². The molecule has 1 aliphatic rings. The SMILES string of the molecule is COc1cc(C(=O)N2CCCN(C(=O)c3ccccc3OC)CC2)ccc1OCc1cscn1. The van der Waals surface area contributed by atoms with Gasteiger partial charge in [0.15, 0.2) is 11.5 Å². The first-order valence-corrected chi connectivity index (χ1v) is 11.9. The van der Waals surface area contributed by atoms with Gasteiger partial charge in [-0.15, -0.1) is 11.3 Å². The third kappa shape index (κ3) is 5.31. The molecule has 0 N–H and O–H groups in total. The summed E-state index contributed by atoms with van der Waals surface area (Å²) in [6.07, 6.45) is 0.693. The Morgan fingerprint density at radius 1 is 0.912 bits per heavy atom. The molecule has 0 bridgehead atoms. The molecule has 2 amide bonds. The molecule has 1 fully saturated rings. The van der Waals surface area contributed by atoms with E-state index < -0.39 is 0 Å². The lowest BCUT2D eigenvalue weighted by Crippen LogP contribution is -2.37. The van der Waals surface area contributed by atoms with Crippen molar-refractivity contribution in [3.63, 3.8) is 0 Å². The molecule has 0 unspecified atom stereocenters. The first-order valence-electron chi connectivity index (χ1n) is 11.0. The lowest BCUT2D eigenvalue weighted by Gasteiger charge is -2.23. The van der Waals surface area contributed by atoms with Crippen LogP contribution >= 0.6 is 11.3 Å². The van der Waals surface area contributed by atoms with Crippen LogP contribution in [0.2, 0.25) is 0 Å². The van der Waals surface area contributed by atoms with Gasteiger partial charge in [0.05, 0.1) is 31.0 Å². The Morgan fingerprint density at radius 2 is 1.65 bits per heavy atom. The van der Waals surface area contributed by atoms with Gasteiger partial charge in [-0.05, 0) is 36.8 Å². The van der Waals surface area contributed by atoms with E-state index in [1.54, 1.807) is 59.9 Å². The number of ether oxygens (including phenoxy) is 3. The molecular weight excluding hydrogens is 454 g/mol. The number of methoxy groups -OCH3 is 2. The molecule has 1 aromatic heterocycles. The average Bonchev–Trinajstić information content (AvgIpc) is 3.29. The highest BCUT2D eigenvalue weighted by Gasteiger charge is 2.25. The lowest BCUT2D eigenvalue weighted by atomic mass is 10.1. The van der Waals surface area contributed by atoms with E-state index in [-0.39, 0.29) is 11.8 Å². The van der Waals surface area contributed by atoms with Crippen LogP contribution in [-0.4, -0.2) is 67.0 Å². The maximum atomic E-state index is 13.2. The molecule has 1 saturated heterocycles. The van der Waals surface area contributed by atoms with E-state index in [1.165, 1.54) is 11.3 Å².